The fraction of sp³-hybridized carbons (Fsp3) is 1.00. The van der Waals surface area contributed by atoms with Gasteiger partial charge in [-0.05, 0) is 32.4 Å². The first-order chi connectivity index (χ1) is 4.24. The van der Waals surface area contributed by atoms with E-state index in [1.165, 1.54) is 6.42 Å². The van der Waals surface area contributed by atoms with Crippen LogP contribution in [0.15, 0.2) is 0 Å². The molecule has 0 aliphatic heterocycles. The molecular formula is C7H15NO. The van der Waals surface area contributed by atoms with Crippen LogP contribution in [0.25, 0.3) is 0 Å². The lowest BCUT2D eigenvalue weighted by atomic mass is 10.3. The lowest BCUT2D eigenvalue weighted by Crippen LogP contribution is -2.15. The van der Waals surface area contributed by atoms with E-state index < -0.39 is 0 Å². The van der Waals surface area contributed by atoms with Crippen molar-refractivity contribution in [3.8, 4) is 0 Å². The highest BCUT2D eigenvalue weighted by atomic mass is 16.3. The van der Waals surface area contributed by atoms with Gasteiger partial charge < -0.3 is 10.0 Å². The highest BCUT2D eigenvalue weighted by Crippen LogP contribution is 2.37. The maximum atomic E-state index is 8.67. The molecule has 1 N–H and O–H groups in total. The molecule has 0 aromatic carbocycles. The van der Waals surface area contributed by atoms with Crippen LogP contribution in [0.1, 0.15) is 6.42 Å². The Bertz CT molecular complexity index is 92.9. The first-order valence-electron chi connectivity index (χ1n) is 3.49. The second-order valence-corrected chi connectivity index (χ2v) is 3.20. The van der Waals surface area contributed by atoms with E-state index >= 15 is 0 Å². The lowest BCUT2D eigenvalue weighted by Gasteiger charge is -2.07. The average molecular weight is 129 g/mol. The topological polar surface area (TPSA) is 23.5 Å². The summed E-state index contributed by atoms with van der Waals surface area (Å²) in [7, 11) is 4.15. The average Bonchev–Trinajstić information content (AvgIpc) is 2.45. The summed E-state index contributed by atoms with van der Waals surface area (Å²) >= 11 is 0. The molecule has 0 radical (unpaired) electrons. The molecule has 1 aliphatic rings. The van der Waals surface area contributed by atoms with Crippen molar-refractivity contribution >= 4 is 0 Å². The monoisotopic (exact) mass is 129 g/mol. The maximum Gasteiger partial charge on any atom is 0.0462 e. The molecule has 0 heterocycles. The van der Waals surface area contributed by atoms with Crippen LogP contribution in [-0.2, 0) is 0 Å². The summed E-state index contributed by atoms with van der Waals surface area (Å²) < 4.78 is 0. The minimum absolute atomic E-state index is 0.387. The Morgan fingerprint density at radius 3 is 2.44 bits per heavy atom. The molecule has 0 unspecified atom stereocenters. The van der Waals surface area contributed by atoms with Crippen LogP contribution in [0, 0.1) is 11.8 Å². The molecule has 2 nitrogen and oxygen atoms in total. The van der Waals surface area contributed by atoms with Crippen molar-refractivity contribution in [2.24, 2.45) is 11.8 Å². The van der Waals surface area contributed by atoms with E-state index in [1.54, 1.807) is 0 Å². The second-order valence-electron chi connectivity index (χ2n) is 3.20. The van der Waals surface area contributed by atoms with Crippen LogP contribution in [0.2, 0.25) is 0 Å². The molecule has 1 rings (SSSR count). The first kappa shape index (κ1) is 7.03. The Morgan fingerprint density at radius 1 is 1.44 bits per heavy atom. The third-order valence-electron chi connectivity index (χ3n) is 1.90. The third-order valence-corrected chi connectivity index (χ3v) is 1.90. The first-order valence-corrected chi connectivity index (χ1v) is 3.49. The van der Waals surface area contributed by atoms with Gasteiger partial charge in [-0.1, -0.05) is 0 Å². The molecule has 1 saturated carbocycles. The molecule has 1 aliphatic carbocycles. The third kappa shape index (κ3) is 1.95. The van der Waals surface area contributed by atoms with Crippen molar-refractivity contribution in [1.82, 2.24) is 4.90 Å². The molecular weight excluding hydrogens is 114 g/mol. The Labute approximate surface area is 56.5 Å². The van der Waals surface area contributed by atoms with Gasteiger partial charge >= 0.3 is 0 Å². The van der Waals surface area contributed by atoms with Crippen LogP contribution in [-0.4, -0.2) is 37.3 Å². The number of hydrogen-bond donors (Lipinski definition) is 1. The van der Waals surface area contributed by atoms with Gasteiger partial charge in [0.05, 0.1) is 0 Å². The summed E-state index contributed by atoms with van der Waals surface area (Å²) in [5, 5.41) is 8.67. The zero-order valence-electron chi connectivity index (χ0n) is 6.17. The molecule has 0 aromatic heterocycles. The lowest BCUT2D eigenvalue weighted by molar-refractivity contribution is 0.260. The molecule has 0 aromatic rings. The van der Waals surface area contributed by atoms with E-state index in [9.17, 15) is 0 Å². The van der Waals surface area contributed by atoms with Gasteiger partial charge in [0.25, 0.3) is 0 Å². The Balaban J connectivity index is 2.05. The van der Waals surface area contributed by atoms with E-state index in [4.69, 9.17) is 5.11 Å². The van der Waals surface area contributed by atoms with E-state index in [-0.39, 0.29) is 0 Å². The zero-order valence-corrected chi connectivity index (χ0v) is 6.17. The van der Waals surface area contributed by atoms with E-state index in [1.807, 2.05) is 0 Å². The number of nitrogens with zero attached hydrogens (tertiary/aromatic N) is 1. The standard InChI is InChI=1S/C7H15NO/c1-8(2)4-6-3-7(6)5-9/h6-7,9H,3-5H2,1-2H3/t6-,7+/m0/s1. The minimum atomic E-state index is 0.387. The zero-order chi connectivity index (χ0) is 6.85. The number of aliphatic hydroxyl groups is 1. The van der Waals surface area contributed by atoms with Crippen LogP contribution < -0.4 is 0 Å². The number of aliphatic hydroxyl groups excluding tert-OH is 1. The number of rotatable bonds is 3. The van der Waals surface area contributed by atoms with Crippen LogP contribution in [0.5, 0.6) is 0 Å². The smallest absolute Gasteiger partial charge is 0.0462 e. The fourth-order valence-corrected chi connectivity index (χ4v) is 1.23. The molecule has 0 saturated heterocycles. The molecule has 9 heavy (non-hydrogen) atoms. The predicted octanol–water partition coefficient (Wildman–Crippen LogP) is 0.176. The molecule has 0 bridgehead atoms. The van der Waals surface area contributed by atoms with Crippen molar-refractivity contribution in [1.29, 1.82) is 0 Å². The van der Waals surface area contributed by atoms with Gasteiger partial charge in [-0.3, -0.25) is 0 Å². The fourth-order valence-electron chi connectivity index (χ4n) is 1.23. The highest BCUT2D eigenvalue weighted by molar-refractivity contribution is 4.86. The maximum absolute atomic E-state index is 8.67. The Kier molecular flexibility index (Phi) is 2.09. The Morgan fingerprint density at radius 2 is 2.11 bits per heavy atom. The van der Waals surface area contributed by atoms with Crippen molar-refractivity contribution < 1.29 is 5.11 Å². The molecule has 2 heteroatoms. The summed E-state index contributed by atoms with van der Waals surface area (Å²) in [6.45, 7) is 1.53. The second kappa shape index (κ2) is 2.67. The van der Waals surface area contributed by atoms with Gasteiger partial charge in [0.15, 0.2) is 0 Å². The van der Waals surface area contributed by atoms with Gasteiger partial charge in [0, 0.05) is 13.2 Å². The van der Waals surface area contributed by atoms with Crippen LogP contribution in [0.3, 0.4) is 0 Å². The van der Waals surface area contributed by atoms with Crippen molar-refractivity contribution in [2.75, 3.05) is 27.2 Å². The molecule has 0 spiro atoms. The molecule has 0 amide bonds. The van der Waals surface area contributed by atoms with Gasteiger partial charge in [-0.2, -0.15) is 0 Å². The van der Waals surface area contributed by atoms with Gasteiger partial charge in [-0.25, -0.2) is 0 Å². The highest BCUT2D eigenvalue weighted by Gasteiger charge is 2.35. The predicted molar refractivity (Wildman–Crippen MR) is 37.2 cm³/mol. The van der Waals surface area contributed by atoms with E-state index in [0.29, 0.717) is 12.5 Å². The van der Waals surface area contributed by atoms with Crippen LogP contribution >= 0.6 is 0 Å². The summed E-state index contributed by atoms with van der Waals surface area (Å²) in [6, 6.07) is 0. The largest absolute Gasteiger partial charge is 0.396 e. The summed E-state index contributed by atoms with van der Waals surface area (Å²) in [5.41, 5.74) is 0. The minimum Gasteiger partial charge on any atom is -0.396 e. The quantitative estimate of drug-likeness (QED) is 0.587. The van der Waals surface area contributed by atoms with Crippen LogP contribution in [0.4, 0.5) is 0 Å². The van der Waals surface area contributed by atoms with E-state index in [0.717, 1.165) is 12.5 Å². The summed E-state index contributed by atoms with van der Waals surface area (Å²) in [6.07, 6.45) is 1.23. The van der Waals surface area contributed by atoms with Gasteiger partial charge in [0.1, 0.15) is 0 Å². The van der Waals surface area contributed by atoms with E-state index in [2.05, 4.69) is 19.0 Å². The normalized spacial score (nSPS) is 33.3. The van der Waals surface area contributed by atoms with Crippen molar-refractivity contribution in [3.05, 3.63) is 0 Å². The van der Waals surface area contributed by atoms with Crippen molar-refractivity contribution in [3.63, 3.8) is 0 Å². The molecule has 54 valence electrons. The van der Waals surface area contributed by atoms with Crippen molar-refractivity contribution in [2.45, 2.75) is 6.42 Å². The SMILES string of the molecule is CN(C)C[C@@H]1C[C@@H]1CO. The van der Waals surface area contributed by atoms with Gasteiger partial charge in [0.2, 0.25) is 0 Å². The summed E-state index contributed by atoms with van der Waals surface area (Å²) in [4.78, 5) is 2.18. The van der Waals surface area contributed by atoms with Gasteiger partial charge in [-0.15, -0.1) is 0 Å². The summed E-state index contributed by atoms with van der Waals surface area (Å²) in [5.74, 6) is 1.40. The molecule has 2 atom stereocenters. The Hall–Kier alpha value is -0.0800. The molecule has 1 fully saturated rings. The number of hydrogen-bond acceptors (Lipinski definition) is 2.